The molecule has 27 heavy (non-hydrogen) atoms. The Morgan fingerprint density at radius 1 is 1.07 bits per heavy atom. The SMILES string of the molecule is O=C1CCC(N2C(=O)c3cccc(CNC4C5CNCC54)c3C2=O)C(=O)N1. The first kappa shape index (κ1) is 16.6. The molecule has 3 heterocycles. The molecule has 0 bridgehead atoms. The Balaban J connectivity index is 1.37. The molecule has 3 N–H and O–H groups in total. The van der Waals surface area contributed by atoms with Gasteiger partial charge in [0.15, 0.2) is 0 Å². The summed E-state index contributed by atoms with van der Waals surface area (Å²) in [6.07, 6.45) is 0.291. The number of benzene rings is 1. The highest BCUT2D eigenvalue weighted by Crippen LogP contribution is 2.42. The molecule has 0 spiro atoms. The van der Waals surface area contributed by atoms with Gasteiger partial charge < -0.3 is 10.6 Å². The average molecular weight is 368 g/mol. The number of rotatable bonds is 4. The minimum atomic E-state index is -0.926. The lowest BCUT2D eigenvalue weighted by Gasteiger charge is -2.27. The minimum Gasteiger partial charge on any atom is -0.316 e. The topological polar surface area (TPSA) is 108 Å². The maximum atomic E-state index is 13.0. The fourth-order valence-corrected chi connectivity index (χ4v) is 4.68. The fourth-order valence-electron chi connectivity index (χ4n) is 4.68. The highest BCUT2D eigenvalue weighted by Gasteiger charge is 2.52. The van der Waals surface area contributed by atoms with E-state index in [1.165, 1.54) is 0 Å². The van der Waals surface area contributed by atoms with Crippen LogP contribution < -0.4 is 16.0 Å². The number of imide groups is 2. The monoisotopic (exact) mass is 368 g/mol. The van der Waals surface area contributed by atoms with Crippen LogP contribution >= 0.6 is 0 Å². The van der Waals surface area contributed by atoms with Gasteiger partial charge in [0.1, 0.15) is 6.04 Å². The summed E-state index contributed by atoms with van der Waals surface area (Å²) in [7, 11) is 0. The molecule has 3 aliphatic heterocycles. The predicted octanol–water partition coefficient (Wildman–Crippen LogP) is -0.605. The first-order valence-corrected chi connectivity index (χ1v) is 9.34. The normalized spacial score (nSPS) is 31.8. The Morgan fingerprint density at radius 3 is 2.59 bits per heavy atom. The van der Waals surface area contributed by atoms with Gasteiger partial charge in [0.2, 0.25) is 11.8 Å². The van der Waals surface area contributed by atoms with Gasteiger partial charge in [0.25, 0.3) is 11.8 Å². The van der Waals surface area contributed by atoms with E-state index < -0.39 is 23.8 Å². The lowest BCUT2D eigenvalue weighted by Crippen LogP contribution is -2.54. The third-order valence-corrected chi connectivity index (χ3v) is 6.17. The van der Waals surface area contributed by atoms with Crippen LogP contribution in [0.15, 0.2) is 18.2 Å². The molecule has 5 rings (SSSR count). The number of amides is 4. The van der Waals surface area contributed by atoms with Gasteiger partial charge in [0.05, 0.1) is 11.1 Å². The summed E-state index contributed by atoms with van der Waals surface area (Å²) in [5.41, 5.74) is 1.49. The molecular weight excluding hydrogens is 348 g/mol. The van der Waals surface area contributed by atoms with E-state index in [0.29, 0.717) is 35.5 Å². The Kier molecular flexibility index (Phi) is 3.66. The highest BCUT2D eigenvalue weighted by atomic mass is 16.2. The Labute approximate surface area is 155 Å². The third-order valence-electron chi connectivity index (χ3n) is 6.17. The van der Waals surface area contributed by atoms with Crippen molar-refractivity contribution in [3.63, 3.8) is 0 Å². The van der Waals surface area contributed by atoms with Gasteiger partial charge in [-0.25, -0.2) is 0 Å². The van der Waals surface area contributed by atoms with Crippen LogP contribution in [0.2, 0.25) is 0 Å². The van der Waals surface area contributed by atoms with Crippen molar-refractivity contribution in [1.82, 2.24) is 20.9 Å². The van der Waals surface area contributed by atoms with Crippen molar-refractivity contribution in [2.24, 2.45) is 11.8 Å². The van der Waals surface area contributed by atoms with Crippen molar-refractivity contribution in [2.45, 2.75) is 31.5 Å². The summed E-state index contributed by atoms with van der Waals surface area (Å²) in [5.74, 6) is -0.558. The average Bonchev–Trinajstić information content (AvgIpc) is 2.97. The molecule has 140 valence electrons. The molecule has 1 aromatic carbocycles. The zero-order valence-corrected chi connectivity index (χ0v) is 14.7. The van der Waals surface area contributed by atoms with Crippen LogP contribution in [0.5, 0.6) is 0 Å². The van der Waals surface area contributed by atoms with E-state index in [0.717, 1.165) is 23.6 Å². The second kappa shape index (κ2) is 5.97. The first-order valence-electron chi connectivity index (χ1n) is 9.34. The van der Waals surface area contributed by atoms with Crippen LogP contribution in [0.3, 0.4) is 0 Å². The fraction of sp³-hybridized carbons (Fsp3) is 0.474. The van der Waals surface area contributed by atoms with E-state index in [-0.39, 0.29) is 18.7 Å². The van der Waals surface area contributed by atoms with Crippen molar-refractivity contribution < 1.29 is 19.2 Å². The maximum absolute atomic E-state index is 13.0. The summed E-state index contributed by atoms with van der Waals surface area (Å²) < 4.78 is 0. The van der Waals surface area contributed by atoms with Gasteiger partial charge in [-0.2, -0.15) is 0 Å². The molecule has 1 aromatic rings. The number of nitrogens with one attached hydrogen (secondary N) is 3. The third kappa shape index (κ3) is 2.51. The van der Waals surface area contributed by atoms with E-state index in [9.17, 15) is 19.2 Å². The van der Waals surface area contributed by atoms with Crippen LogP contribution in [0, 0.1) is 11.8 Å². The van der Waals surface area contributed by atoms with Crippen molar-refractivity contribution in [3.05, 3.63) is 34.9 Å². The van der Waals surface area contributed by atoms with E-state index >= 15 is 0 Å². The van der Waals surface area contributed by atoms with Crippen LogP contribution in [0.4, 0.5) is 0 Å². The molecule has 8 nitrogen and oxygen atoms in total. The van der Waals surface area contributed by atoms with Gasteiger partial charge in [-0.3, -0.25) is 29.4 Å². The number of carbonyl (C=O) groups is 4. The molecule has 3 unspecified atom stereocenters. The lowest BCUT2D eigenvalue weighted by molar-refractivity contribution is -0.136. The summed E-state index contributed by atoms with van der Waals surface area (Å²) >= 11 is 0. The zero-order valence-electron chi connectivity index (χ0n) is 14.7. The molecular formula is C19H20N4O4. The Morgan fingerprint density at radius 2 is 1.85 bits per heavy atom. The molecule has 0 aromatic heterocycles. The molecule has 1 saturated carbocycles. The molecule has 1 aliphatic carbocycles. The van der Waals surface area contributed by atoms with Crippen LogP contribution in [-0.2, 0) is 16.1 Å². The quantitative estimate of drug-likeness (QED) is 0.613. The molecule has 4 aliphatic rings. The van der Waals surface area contributed by atoms with Crippen molar-refractivity contribution >= 4 is 23.6 Å². The lowest BCUT2D eigenvalue weighted by atomic mass is 10.0. The number of fused-ring (bicyclic) bond motifs is 2. The molecule has 8 heteroatoms. The molecule has 3 atom stereocenters. The second-order valence-electron chi connectivity index (χ2n) is 7.68. The van der Waals surface area contributed by atoms with Crippen LogP contribution in [-0.4, -0.2) is 53.7 Å². The van der Waals surface area contributed by atoms with Gasteiger partial charge in [-0.15, -0.1) is 0 Å². The molecule has 2 saturated heterocycles. The highest BCUT2D eigenvalue weighted by molar-refractivity contribution is 6.24. The van der Waals surface area contributed by atoms with E-state index in [1.807, 2.05) is 6.07 Å². The van der Waals surface area contributed by atoms with Gasteiger partial charge >= 0.3 is 0 Å². The smallest absolute Gasteiger partial charge is 0.262 e. The van der Waals surface area contributed by atoms with Crippen molar-refractivity contribution in [3.8, 4) is 0 Å². The minimum absolute atomic E-state index is 0.122. The zero-order chi connectivity index (χ0) is 18.7. The number of carbonyl (C=O) groups excluding carboxylic acids is 4. The molecule has 3 fully saturated rings. The summed E-state index contributed by atoms with van der Waals surface area (Å²) in [6, 6.07) is 4.78. The van der Waals surface area contributed by atoms with E-state index in [1.54, 1.807) is 12.1 Å². The first-order chi connectivity index (χ1) is 13.1. The predicted molar refractivity (Wildman–Crippen MR) is 93.6 cm³/mol. The standard InChI is InChI=1S/C19H20N4O4/c24-14-5-4-13(17(25)22-14)23-18(26)10-3-1-2-9(15(10)19(23)27)6-21-16-11-7-20-8-12(11)16/h1-3,11-13,16,20-21H,4-8H2,(H,22,24,25). The van der Waals surface area contributed by atoms with Gasteiger partial charge in [0, 0.05) is 19.0 Å². The summed E-state index contributed by atoms with van der Waals surface area (Å²) in [5, 5.41) is 9.07. The number of hydrogen-bond donors (Lipinski definition) is 3. The van der Waals surface area contributed by atoms with Crippen molar-refractivity contribution in [2.75, 3.05) is 13.1 Å². The second-order valence-corrected chi connectivity index (χ2v) is 7.68. The number of hydrogen-bond acceptors (Lipinski definition) is 6. The van der Waals surface area contributed by atoms with Crippen LogP contribution in [0.1, 0.15) is 39.1 Å². The van der Waals surface area contributed by atoms with E-state index in [4.69, 9.17) is 0 Å². The van der Waals surface area contributed by atoms with Gasteiger partial charge in [-0.05, 0) is 43.0 Å². The Hall–Kier alpha value is -2.58. The summed E-state index contributed by atoms with van der Waals surface area (Å²) in [4.78, 5) is 50.4. The van der Waals surface area contributed by atoms with E-state index in [2.05, 4.69) is 16.0 Å². The largest absolute Gasteiger partial charge is 0.316 e. The van der Waals surface area contributed by atoms with Crippen molar-refractivity contribution in [1.29, 1.82) is 0 Å². The molecule has 0 radical (unpaired) electrons. The Bertz CT molecular complexity index is 872. The number of piperidine rings is 2. The maximum Gasteiger partial charge on any atom is 0.262 e. The molecule has 4 amide bonds. The van der Waals surface area contributed by atoms with Crippen LogP contribution in [0.25, 0.3) is 0 Å². The summed E-state index contributed by atoms with van der Waals surface area (Å²) in [6.45, 7) is 2.56. The van der Waals surface area contributed by atoms with Gasteiger partial charge in [-0.1, -0.05) is 12.1 Å². The number of nitrogens with zero attached hydrogens (tertiary/aromatic N) is 1.